The number of hydrogen-bond acceptors (Lipinski definition) is 6. The molecule has 6 nitrogen and oxygen atoms in total. The van der Waals surface area contributed by atoms with E-state index in [9.17, 15) is 4.79 Å². The molecular weight excluding hydrogens is 304 g/mol. The van der Waals surface area contributed by atoms with Crippen LogP contribution in [0.15, 0.2) is 30.5 Å². The molecule has 2 aromatic rings. The van der Waals surface area contributed by atoms with Crippen molar-refractivity contribution in [3.8, 4) is 0 Å². The monoisotopic (exact) mass is 326 g/mol. The van der Waals surface area contributed by atoms with Gasteiger partial charge in [0.15, 0.2) is 5.82 Å². The Morgan fingerprint density at radius 1 is 1.04 bits per heavy atom. The summed E-state index contributed by atoms with van der Waals surface area (Å²) in [7, 11) is 1.39. The number of rotatable bonds is 3. The molecule has 0 unspecified atom stereocenters. The van der Waals surface area contributed by atoms with Crippen LogP contribution in [0, 0.1) is 13.8 Å². The molecule has 1 fully saturated rings. The first-order valence-electron chi connectivity index (χ1n) is 8.07. The highest BCUT2D eigenvalue weighted by Gasteiger charge is 2.20. The second-order valence-electron chi connectivity index (χ2n) is 5.99. The zero-order chi connectivity index (χ0) is 17.1. The van der Waals surface area contributed by atoms with E-state index in [0.29, 0.717) is 5.56 Å². The molecule has 3 rings (SSSR count). The highest BCUT2D eigenvalue weighted by atomic mass is 16.5. The van der Waals surface area contributed by atoms with Gasteiger partial charge >= 0.3 is 5.97 Å². The number of hydrogen-bond donors (Lipinski definition) is 0. The van der Waals surface area contributed by atoms with Crippen molar-refractivity contribution in [2.24, 2.45) is 0 Å². The van der Waals surface area contributed by atoms with E-state index < -0.39 is 0 Å². The highest BCUT2D eigenvalue weighted by molar-refractivity contribution is 5.89. The van der Waals surface area contributed by atoms with Gasteiger partial charge in [-0.2, -0.15) is 5.10 Å². The zero-order valence-electron chi connectivity index (χ0n) is 14.3. The fourth-order valence-corrected chi connectivity index (χ4v) is 2.92. The largest absolute Gasteiger partial charge is 0.465 e. The Labute approximate surface area is 142 Å². The van der Waals surface area contributed by atoms with Gasteiger partial charge in [-0.15, -0.1) is 5.10 Å². The summed E-state index contributed by atoms with van der Waals surface area (Å²) in [6.07, 6.45) is 1.80. The van der Waals surface area contributed by atoms with Crippen molar-refractivity contribution in [2.75, 3.05) is 43.1 Å². The van der Waals surface area contributed by atoms with Crippen LogP contribution in [-0.2, 0) is 4.74 Å². The Morgan fingerprint density at radius 2 is 1.67 bits per heavy atom. The molecule has 24 heavy (non-hydrogen) atoms. The van der Waals surface area contributed by atoms with Crippen LogP contribution < -0.4 is 9.80 Å². The smallest absolute Gasteiger partial charge is 0.337 e. The van der Waals surface area contributed by atoms with Crippen molar-refractivity contribution in [1.82, 2.24) is 10.2 Å². The maximum absolute atomic E-state index is 11.5. The number of benzene rings is 1. The molecular formula is C18H22N4O2. The fraction of sp³-hybridized carbons (Fsp3) is 0.389. The molecule has 0 radical (unpaired) electrons. The number of esters is 1. The van der Waals surface area contributed by atoms with Crippen molar-refractivity contribution >= 4 is 17.5 Å². The Hall–Kier alpha value is -2.63. The van der Waals surface area contributed by atoms with Crippen molar-refractivity contribution in [3.63, 3.8) is 0 Å². The average molecular weight is 326 g/mol. The van der Waals surface area contributed by atoms with Gasteiger partial charge < -0.3 is 14.5 Å². The molecule has 2 heterocycles. The van der Waals surface area contributed by atoms with Gasteiger partial charge in [-0.25, -0.2) is 4.79 Å². The van der Waals surface area contributed by atoms with E-state index >= 15 is 0 Å². The first-order valence-corrected chi connectivity index (χ1v) is 8.07. The van der Waals surface area contributed by atoms with Gasteiger partial charge in [-0.3, -0.25) is 0 Å². The summed E-state index contributed by atoms with van der Waals surface area (Å²) in [5.74, 6) is 0.676. The lowest BCUT2D eigenvalue weighted by atomic mass is 10.1. The summed E-state index contributed by atoms with van der Waals surface area (Å²) in [5.41, 5.74) is 4.06. The molecule has 0 atom stereocenters. The standard InChI is InChI=1S/C18H22N4O2/c1-13-12-19-20-17(14(13)2)22-10-8-21(9-11-22)16-6-4-15(5-7-16)18(23)24-3/h4-7,12H,8-11H2,1-3H3. The van der Waals surface area contributed by atoms with Gasteiger partial charge in [0.25, 0.3) is 0 Å². The maximum atomic E-state index is 11.5. The summed E-state index contributed by atoms with van der Waals surface area (Å²) < 4.78 is 4.73. The normalized spacial score (nSPS) is 14.6. The van der Waals surface area contributed by atoms with Crippen LogP contribution in [0.1, 0.15) is 21.5 Å². The summed E-state index contributed by atoms with van der Waals surface area (Å²) in [6.45, 7) is 7.78. The number of anilines is 2. The minimum Gasteiger partial charge on any atom is -0.465 e. The molecule has 1 aliphatic rings. The third-order valence-electron chi connectivity index (χ3n) is 4.56. The molecule has 0 amide bonds. The van der Waals surface area contributed by atoms with E-state index in [1.165, 1.54) is 18.2 Å². The Morgan fingerprint density at radius 3 is 2.29 bits per heavy atom. The number of carbonyl (C=O) groups is 1. The lowest BCUT2D eigenvalue weighted by Gasteiger charge is -2.37. The minimum absolute atomic E-state index is 0.306. The van der Waals surface area contributed by atoms with Crippen LogP contribution in [0.5, 0.6) is 0 Å². The number of nitrogens with zero attached hydrogens (tertiary/aromatic N) is 4. The first-order chi connectivity index (χ1) is 11.6. The zero-order valence-corrected chi connectivity index (χ0v) is 14.3. The maximum Gasteiger partial charge on any atom is 0.337 e. The number of piperazine rings is 1. The Balaban J connectivity index is 1.66. The topological polar surface area (TPSA) is 58.6 Å². The summed E-state index contributed by atoms with van der Waals surface area (Å²) in [4.78, 5) is 16.1. The number of ether oxygens (including phenoxy) is 1. The van der Waals surface area contributed by atoms with Crippen molar-refractivity contribution < 1.29 is 9.53 Å². The van der Waals surface area contributed by atoms with Gasteiger partial charge in [-0.05, 0) is 49.2 Å². The van der Waals surface area contributed by atoms with E-state index in [4.69, 9.17) is 4.74 Å². The van der Waals surface area contributed by atoms with E-state index in [2.05, 4.69) is 33.8 Å². The lowest BCUT2D eigenvalue weighted by Crippen LogP contribution is -2.47. The van der Waals surface area contributed by atoms with E-state index in [-0.39, 0.29) is 5.97 Å². The third kappa shape index (κ3) is 3.18. The molecule has 0 N–H and O–H groups in total. The quantitative estimate of drug-likeness (QED) is 0.806. The Bertz CT molecular complexity index is 722. The second kappa shape index (κ2) is 6.86. The van der Waals surface area contributed by atoms with Crippen molar-refractivity contribution in [2.45, 2.75) is 13.8 Å². The van der Waals surface area contributed by atoms with Crippen LogP contribution in [0.2, 0.25) is 0 Å². The molecule has 1 saturated heterocycles. The fourth-order valence-electron chi connectivity index (χ4n) is 2.92. The SMILES string of the molecule is COC(=O)c1ccc(N2CCN(c3nncc(C)c3C)CC2)cc1. The number of methoxy groups -OCH3 is 1. The summed E-state index contributed by atoms with van der Waals surface area (Å²) in [6, 6.07) is 7.56. The van der Waals surface area contributed by atoms with Crippen LogP contribution in [0.3, 0.4) is 0 Å². The average Bonchev–Trinajstić information content (AvgIpc) is 2.64. The van der Waals surface area contributed by atoms with Crippen molar-refractivity contribution in [1.29, 1.82) is 0 Å². The lowest BCUT2D eigenvalue weighted by molar-refractivity contribution is 0.0601. The summed E-state index contributed by atoms with van der Waals surface area (Å²) >= 11 is 0. The summed E-state index contributed by atoms with van der Waals surface area (Å²) in [5, 5.41) is 8.39. The van der Waals surface area contributed by atoms with Crippen LogP contribution in [0.4, 0.5) is 11.5 Å². The number of aryl methyl sites for hydroxylation is 1. The third-order valence-corrected chi connectivity index (χ3v) is 4.56. The molecule has 0 saturated carbocycles. The highest BCUT2D eigenvalue weighted by Crippen LogP contribution is 2.23. The van der Waals surface area contributed by atoms with Crippen molar-refractivity contribution in [3.05, 3.63) is 47.2 Å². The van der Waals surface area contributed by atoms with E-state index in [1.807, 2.05) is 24.3 Å². The van der Waals surface area contributed by atoms with Crippen LogP contribution >= 0.6 is 0 Å². The van der Waals surface area contributed by atoms with Gasteiger partial charge in [0, 0.05) is 31.9 Å². The van der Waals surface area contributed by atoms with Gasteiger partial charge in [-0.1, -0.05) is 0 Å². The minimum atomic E-state index is -0.306. The number of aromatic nitrogens is 2. The predicted octanol–water partition coefficient (Wildman–Crippen LogP) is 2.21. The molecule has 0 spiro atoms. The van der Waals surface area contributed by atoms with E-state index in [0.717, 1.165) is 37.7 Å². The Kier molecular flexibility index (Phi) is 4.64. The predicted molar refractivity (Wildman–Crippen MR) is 93.7 cm³/mol. The molecule has 6 heteroatoms. The van der Waals surface area contributed by atoms with E-state index in [1.54, 1.807) is 6.20 Å². The van der Waals surface area contributed by atoms with Gasteiger partial charge in [0.2, 0.25) is 0 Å². The van der Waals surface area contributed by atoms with Gasteiger partial charge in [0.1, 0.15) is 0 Å². The molecule has 1 aliphatic heterocycles. The molecule has 126 valence electrons. The van der Waals surface area contributed by atoms with Crippen LogP contribution in [0.25, 0.3) is 0 Å². The second-order valence-corrected chi connectivity index (χ2v) is 5.99. The van der Waals surface area contributed by atoms with Crippen LogP contribution in [-0.4, -0.2) is 49.5 Å². The molecule has 0 bridgehead atoms. The molecule has 1 aromatic heterocycles. The number of carbonyl (C=O) groups excluding carboxylic acids is 1. The van der Waals surface area contributed by atoms with Gasteiger partial charge in [0.05, 0.1) is 18.9 Å². The first kappa shape index (κ1) is 16.2. The molecule has 1 aromatic carbocycles. The molecule has 0 aliphatic carbocycles.